The Labute approximate surface area is 97.3 Å². The molecule has 0 unspecified atom stereocenters. The van der Waals surface area contributed by atoms with Crippen LogP contribution < -0.4 is 11.5 Å². The quantitative estimate of drug-likeness (QED) is 0.599. The number of hydrogen-bond donors (Lipinski definition) is 2. The molecule has 0 spiro atoms. The van der Waals surface area contributed by atoms with Crippen LogP contribution in [0.3, 0.4) is 0 Å². The molecule has 6 nitrogen and oxygen atoms in total. The summed E-state index contributed by atoms with van der Waals surface area (Å²) >= 11 is 0. The zero-order chi connectivity index (χ0) is 12.2. The topological polar surface area (TPSA) is 95.1 Å². The van der Waals surface area contributed by atoms with Crippen LogP contribution in [0.1, 0.15) is 11.1 Å². The number of aromatic nitrogens is 4. The van der Waals surface area contributed by atoms with Gasteiger partial charge in [-0.3, -0.25) is 4.40 Å². The first-order valence-electron chi connectivity index (χ1n) is 5.23. The van der Waals surface area contributed by atoms with E-state index in [0.717, 1.165) is 22.2 Å². The highest BCUT2D eigenvalue weighted by Gasteiger charge is 2.12. The fourth-order valence-corrected chi connectivity index (χ4v) is 1.92. The number of hydrogen-bond acceptors (Lipinski definition) is 5. The Kier molecular flexibility index (Phi) is 1.77. The number of pyridine rings is 1. The van der Waals surface area contributed by atoms with Crippen molar-refractivity contribution in [1.29, 1.82) is 0 Å². The molecule has 6 heteroatoms. The smallest absolute Gasteiger partial charge is 0.167 e. The molecule has 0 aliphatic heterocycles. The Morgan fingerprint density at radius 1 is 1.06 bits per heavy atom. The molecule has 86 valence electrons. The van der Waals surface area contributed by atoms with Gasteiger partial charge in [-0.15, -0.1) is 0 Å². The van der Waals surface area contributed by atoms with E-state index in [-0.39, 0.29) is 0 Å². The van der Waals surface area contributed by atoms with Crippen molar-refractivity contribution in [1.82, 2.24) is 19.4 Å². The summed E-state index contributed by atoms with van der Waals surface area (Å²) in [5.41, 5.74) is 15.9. The molecule has 0 amide bonds. The molecule has 3 heterocycles. The molecule has 17 heavy (non-hydrogen) atoms. The van der Waals surface area contributed by atoms with E-state index >= 15 is 0 Å². The van der Waals surface area contributed by atoms with Gasteiger partial charge in [0, 0.05) is 0 Å². The van der Waals surface area contributed by atoms with Crippen molar-refractivity contribution in [2.45, 2.75) is 13.8 Å². The van der Waals surface area contributed by atoms with E-state index in [2.05, 4.69) is 15.0 Å². The average Bonchev–Trinajstić information content (AvgIpc) is 2.78. The molecule has 4 N–H and O–H groups in total. The lowest BCUT2D eigenvalue weighted by Crippen LogP contribution is -2.05. The predicted molar refractivity (Wildman–Crippen MR) is 66.6 cm³/mol. The number of nitrogen functional groups attached to an aromatic ring is 2. The van der Waals surface area contributed by atoms with Crippen LogP contribution in [0.25, 0.3) is 16.7 Å². The highest BCUT2D eigenvalue weighted by Crippen LogP contribution is 2.25. The Balaban J connectivity index is 2.64. The zero-order valence-electron chi connectivity index (χ0n) is 9.60. The van der Waals surface area contributed by atoms with Gasteiger partial charge in [0.2, 0.25) is 0 Å². The van der Waals surface area contributed by atoms with E-state index < -0.39 is 0 Å². The van der Waals surface area contributed by atoms with Crippen LogP contribution in [0.15, 0.2) is 12.5 Å². The lowest BCUT2D eigenvalue weighted by molar-refractivity contribution is 1.13. The standard InChI is InChI=1S/C11H12N6/c1-5-6(2)9(12)16-11-8(5)15-10(13)7-3-14-4-17(7)11/h3-4H,1-2H3,(H2,12,16)(H2,13,15). The van der Waals surface area contributed by atoms with Crippen molar-refractivity contribution in [3.63, 3.8) is 0 Å². The largest absolute Gasteiger partial charge is 0.383 e. The summed E-state index contributed by atoms with van der Waals surface area (Å²) in [4.78, 5) is 12.8. The van der Waals surface area contributed by atoms with Crippen molar-refractivity contribution in [2.75, 3.05) is 11.5 Å². The molecule has 0 saturated carbocycles. The van der Waals surface area contributed by atoms with Gasteiger partial charge < -0.3 is 11.5 Å². The maximum absolute atomic E-state index is 5.89. The van der Waals surface area contributed by atoms with Gasteiger partial charge in [0.15, 0.2) is 5.65 Å². The molecule has 3 aromatic heterocycles. The SMILES string of the molecule is Cc1c(N)nc2c(nc(N)c3cncn32)c1C. The van der Waals surface area contributed by atoms with Crippen molar-refractivity contribution < 1.29 is 0 Å². The van der Waals surface area contributed by atoms with E-state index in [0.29, 0.717) is 17.3 Å². The number of nitrogens with zero attached hydrogens (tertiary/aromatic N) is 4. The second kappa shape index (κ2) is 3.07. The Bertz CT molecular complexity index is 743. The van der Waals surface area contributed by atoms with Crippen LogP contribution in [0, 0.1) is 13.8 Å². The number of aryl methyl sites for hydroxylation is 1. The first kappa shape index (κ1) is 9.83. The minimum atomic E-state index is 0.448. The fourth-order valence-electron chi connectivity index (χ4n) is 1.92. The lowest BCUT2D eigenvalue weighted by atomic mass is 10.1. The van der Waals surface area contributed by atoms with Gasteiger partial charge in [-0.05, 0) is 25.0 Å². The van der Waals surface area contributed by atoms with Crippen LogP contribution in [0.2, 0.25) is 0 Å². The Hall–Kier alpha value is -2.37. The predicted octanol–water partition coefficient (Wildman–Crippen LogP) is 1.06. The molecule has 3 rings (SSSR count). The van der Waals surface area contributed by atoms with E-state index in [1.807, 2.05) is 13.8 Å². The summed E-state index contributed by atoms with van der Waals surface area (Å²) in [6.07, 6.45) is 3.33. The minimum Gasteiger partial charge on any atom is -0.383 e. The highest BCUT2D eigenvalue weighted by atomic mass is 15.1. The van der Waals surface area contributed by atoms with Crippen LogP contribution in [-0.4, -0.2) is 19.4 Å². The number of nitrogens with two attached hydrogens (primary N) is 2. The molecule has 0 aliphatic carbocycles. The maximum atomic E-state index is 5.89. The third kappa shape index (κ3) is 1.17. The second-order valence-electron chi connectivity index (χ2n) is 4.07. The highest BCUT2D eigenvalue weighted by molar-refractivity contribution is 5.85. The molecule has 3 aromatic rings. The van der Waals surface area contributed by atoms with Crippen molar-refractivity contribution in [2.24, 2.45) is 0 Å². The number of anilines is 2. The Morgan fingerprint density at radius 2 is 1.82 bits per heavy atom. The van der Waals surface area contributed by atoms with Gasteiger partial charge in [0.05, 0.1) is 6.20 Å². The Morgan fingerprint density at radius 3 is 2.59 bits per heavy atom. The number of fused-ring (bicyclic) bond motifs is 3. The monoisotopic (exact) mass is 228 g/mol. The summed E-state index contributed by atoms with van der Waals surface area (Å²) in [6.45, 7) is 3.89. The summed E-state index contributed by atoms with van der Waals surface area (Å²) < 4.78 is 1.81. The first-order chi connectivity index (χ1) is 8.09. The average molecular weight is 228 g/mol. The fraction of sp³-hybridized carbons (Fsp3) is 0.182. The normalized spacial score (nSPS) is 11.4. The van der Waals surface area contributed by atoms with Crippen LogP contribution in [0.4, 0.5) is 11.6 Å². The molecule has 0 aliphatic rings. The second-order valence-corrected chi connectivity index (χ2v) is 4.07. The first-order valence-corrected chi connectivity index (χ1v) is 5.23. The van der Waals surface area contributed by atoms with E-state index in [1.165, 1.54) is 0 Å². The van der Waals surface area contributed by atoms with Crippen LogP contribution in [-0.2, 0) is 0 Å². The summed E-state index contributed by atoms with van der Waals surface area (Å²) in [6, 6.07) is 0. The van der Waals surface area contributed by atoms with E-state index in [9.17, 15) is 0 Å². The molecule has 0 fully saturated rings. The van der Waals surface area contributed by atoms with Crippen molar-refractivity contribution in [3.8, 4) is 0 Å². The number of rotatable bonds is 0. The maximum Gasteiger partial charge on any atom is 0.167 e. The summed E-state index contributed by atoms with van der Waals surface area (Å²) in [7, 11) is 0. The van der Waals surface area contributed by atoms with Gasteiger partial charge in [-0.1, -0.05) is 0 Å². The molecule has 0 radical (unpaired) electrons. The minimum absolute atomic E-state index is 0.448. The van der Waals surface area contributed by atoms with E-state index in [4.69, 9.17) is 11.5 Å². The molecular weight excluding hydrogens is 216 g/mol. The van der Waals surface area contributed by atoms with Gasteiger partial charge >= 0.3 is 0 Å². The van der Waals surface area contributed by atoms with Gasteiger partial charge in [-0.2, -0.15) is 0 Å². The van der Waals surface area contributed by atoms with Crippen LogP contribution in [0.5, 0.6) is 0 Å². The van der Waals surface area contributed by atoms with Gasteiger partial charge in [0.25, 0.3) is 0 Å². The lowest BCUT2D eigenvalue weighted by Gasteiger charge is -2.10. The number of imidazole rings is 1. The van der Waals surface area contributed by atoms with Gasteiger partial charge in [-0.25, -0.2) is 15.0 Å². The summed E-state index contributed by atoms with van der Waals surface area (Å²) in [5, 5.41) is 0. The zero-order valence-corrected chi connectivity index (χ0v) is 9.60. The molecule has 0 bridgehead atoms. The molecule has 0 aromatic carbocycles. The van der Waals surface area contributed by atoms with Gasteiger partial charge in [0.1, 0.15) is 29.0 Å². The summed E-state index contributed by atoms with van der Waals surface area (Å²) in [5.74, 6) is 0.959. The third-order valence-electron chi connectivity index (χ3n) is 3.10. The third-order valence-corrected chi connectivity index (χ3v) is 3.10. The molecular formula is C11H12N6. The molecule has 0 atom stereocenters. The molecule has 0 saturated heterocycles. The van der Waals surface area contributed by atoms with Crippen molar-refractivity contribution >= 4 is 28.3 Å². The van der Waals surface area contributed by atoms with E-state index in [1.54, 1.807) is 16.9 Å². The van der Waals surface area contributed by atoms with Crippen molar-refractivity contribution in [3.05, 3.63) is 23.7 Å². The van der Waals surface area contributed by atoms with Crippen LogP contribution >= 0.6 is 0 Å².